The third-order valence-corrected chi connectivity index (χ3v) is 3.21. The zero-order valence-electron chi connectivity index (χ0n) is 12.5. The number of rotatable bonds is 7. The summed E-state index contributed by atoms with van der Waals surface area (Å²) in [6, 6.07) is 0. The van der Waals surface area contributed by atoms with E-state index in [4.69, 9.17) is 0 Å². The molecule has 18 heavy (non-hydrogen) atoms. The second-order valence-electron chi connectivity index (χ2n) is 6.23. The standard InChI is InChI=1S/C15H28N2O/c1-6-17-8-7-16-14(17)11-15(18,9-12(2)3)10-13(4)5/h7-8,12-13,18H,6,9-11H2,1-5H3. The van der Waals surface area contributed by atoms with Crippen LogP contribution in [-0.4, -0.2) is 20.3 Å². The summed E-state index contributed by atoms with van der Waals surface area (Å²) in [5, 5.41) is 10.9. The lowest BCUT2D eigenvalue weighted by Gasteiger charge is -2.31. The van der Waals surface area contributed by atoms with Crippen LogP contribution in [0.5, 0.6) is 0 Å². The first-order valence-electron chi connectivity index (χ1n) is 7.08. The van der Waals surface area contributed by atoms with Gasteiger partial charge >= 0.3 is 0 Å². The van der Waals surface area contributed by atoms with E-state index >= 15 is 0 Å². The van der Waals surface area contributed by atoms with Crippen LogP contribution in [0.15, 0.2) is 12.4 Å². The smallest absolute Gasteiger partial charge is 0.111 e. The molecule has 0 aliphatic rings. The fourth-order valence-electron chi connectivity index (χ4n) is 2.84. The highest BCUT2D eigenvalue weighted by molar-refractivity contribution is 4.99. The van der Waals surface area contributed by atoms with Gasteiger partial charge in [0.25, 0.3) is 0 Å². The highest BCUT2D eigenvalue weighted by Crippen LogP contribution is 2.28. The highest BCUT2D eigenvalue weighted by atomic mass is 16.3. The number of aromatic nitrogens is 2. The molecule has 0 fully saturated rings. The number of aliphatic hydroxyl groups is 1. The van der Waals surface area contributed by atoms with Crippen LogP contribution in [0.2, 0.25) is 0 Å². The van der Waals surface area contributed by atoms with Gasteiger partial charge in [0.1, 0.15) is 5.82 Å². The van der Waals surface area contributed by atoms with Crippen LogP contribution >= 0.6 is 0 Å². The van der Waals surface area contributed by atoms with Gasteiger partial charge in [0, 0.05) is 25.4 Å². The quantitative estimate of drug-likeness (QED) is 0.809. The van der Waals surface area contributed by atoms with E-state index in [0.717, 1.165) is 25.2 Å². The summed E-state index contributed by atoms with van der Waals surface area (Å²) in [6.07, 6.45) is 6.14. The summed E-state index contributed by atoms with van der Waals surface area (Å²) in [5.41, 5.74) is -0.624. The number of hydrogen-bond acceptors (Lipinski definition) is 2. The molecule has 0 aromatic carbocycles. The van der Waals surface area contributed by atoms with E-state index in [-0.39, 0.29) is 0 Å². The molecule has 0 spiro atoms. The fourth-order valence-corrected chi connectivity index (χ4v) is 2.84. The van der Waals surface area contributed by atoms with Gasteiger partial charge in [-0.25, -0.2) is 4.98 Å². The summed E-state index contributed by atoms with van der Waals surface area (Å²) < 4.78 is 2.12. The third kappa shape index (κ3) is 4.45. The molecule has 1 heterocycles. The molecular formula is C15H28N2O. The lowest BCUT2D eigenvalue weighted by molar-refractivity contribution is -0.00157. The SMILES string of the molecule is CCn1ccnc1CC(O)(CC(C)C)CC(C)C. The predicted molar refractivity (Wildman–Crippen MR) is 75.5 cm³/mol. The van der Waals surface area contributed by atoms with Gasteiger partial charge in [0.05, 0.1) is 5.60 Å². The molecule has 104 valence electrons. The van der Waals surface area contributed by atoms with E-state index in [2.05, 4.69) is 44.2 Å². The maximum absolute atomic E-state index is 10.9. The summed E-state index contributed by atoms with van der Waals surface area (Å²) in [4.78, 5) is 4.39. The minimum absolute atomic E-state index is 0.499. The van der Waals surface area contributed by atoms with E-state index in [1.54, 1.807) is 0 Å². The molecular weight excluding hydrogens is 224 g/mol. The Labute approximate surface area is 111 Å². The van der Waals surface area contributed by atoms with Gasteiger partial charge in [0.2, 0.25) is 0 Å². The average molecular weight is 252 g/mol. The van der Waals surface area contributed by atoms with Crippen molar-refractivity contribution in [1.29, 1.82) is 0 Å². The molecule has 0 amide bonds. The van der Waals surface area contributed by atoms with Crippen LogP contribution < -0.4 is 0 Å². The largest absolute Gasteiger partial charge is 0.389 e. The van der Waals surface area contributed by atoms with Gasteiger partial charge < -0.3 is 9.67 Å². The van der Waals surface area contributed by atoms with Crippen LogP contribution in [0.1, 0.15) is 53.3 Å². The van der Waals surface area contributed by atoms with E-state index in [1.807, 2.05) is 12.4 Å². The highest BCUT2D eigenvalue weighted by Gasteiger charge is 2.30. The van der Waals surface area contributed by atoms with Gasteiger partial charge in [0.15, 0.2) is 0 Å². The number of hydrogen-bond donors (Lipinski definition) is 1. The summed E-state index contributed by atoms with van der Waals surface area (Å²) >= 11 is 0. The summed E-state index contributed by atoms with van der Waals surface area (Å²) in [6.45, 7) is 11.7. The van der Waals surface area contributed by atoms with Gasteiger partial charge in [-0.2, -0.15) is 0 Å². The van der Waals surface area contributed by atoms with E-state index in [9.17, 15) is 5.11 Å². The maximum Gasteiger partial charge on any atom is 0.111 e. The Balaban J connectivity index is 2.83. The molecule has 3 heteroatoms. The fraction of sp³-hybridized carbons (Fsp3) is 0.800. The zero-order chi connectivity index (χ0) is 13.8. The molecule has 0 saturated heterocycles. The first-order chi connectivity index (χ1) is 8.36. The van der Waals surface area contributed by atoms with Crippen LogP contribution in [0.3, 0.4) is 0 Å². The first kappa shape index (κ1) is 15.2. The number of aryl methyl sites for hydroxylation is 1. The Morgan fingerprint density at radius 3 is 2.22 bits per heavy atom. The molecule has 3 nitrogen and oxygen atoms in total. The monoisotopic (exact) mass is 252 g/mol. The van der Waals surface area contributed by atoms with Crippen LogP contribution in [0, 0.1) is 11.8 Å². The topological polar surface area (TPSA) is 38.0 Å². The van der Waals surface area contributed by atoms with Crippen molar-refractivity contribution in [1.82, 2.24) is 9.55 Å². The normalized spacial score (nSPS) is 12.7. The van der Waals surface area contributed by atoms with E-state index in [1.165, 1.54) is 0 Å². The molecule has 0 unspecified atom stereocenters. The van der Waals surface area contributed by atoms with E-state index in [0.29, 0.717) is 18.3 Å². The van der Waals surface area contributed by atoms with Crippen LogP contribution in [0.4, 0.5) is 0 Å². The first-order valence-corrected chi connectivity index (χ1v) is 7.08. The number of nitrogens with zero attached hydrogens (tertiary/aromatic N) is 2. The van der Waals surface area contributed by atoms with Crippen molar-refractivity contribution in [3.63, 3.8) is 0 Å². The van der Waals surface area contributed by atoms with Crippen molar-refractivity contribution in [2.24, 2.45) is 11.8 Å². The minimum atomic E-state index is -0.624. The lowest BCUT2D eigenvalue weighted by atomic mass is 9.82. The van der Waals surface area contributed by atoms with Crippen LogP contribution in [0.25, 0.3) is 0 Å². The van der Waals surface area contributed by atoms with Crippen molar-refractivity contribution in [2.75, 3.05) is 0 Å². The Hall–Kier alpha value is -0.830. The number of imidazole rings is 1. The van der Waals surface area contributed by atoms with Crippen molar-refractivity contribution >= 4 is 0 Å². The molecule has 0 aliphatic carbocycles. The Morgan fingerprint density at radius 1 is 1.22 bits per heavy atom. The second-order valence-corrected chi connectivity index (χ2v) is 6.23. The zero-order valence-corrected chi connectivity index (χ0v) is 12.5. The van der Waals surface area contributed by atoms with Crippen molar-refractivity contribution in [3.8, 4) is 0 Å². The molecule has 1 aromatic rings. The van der Waals surface area contributed by atoms with Crippen molar-refractivity contribution in [3.05, 3.63) is 18.2 Å². The molecule has 1 aromatic heterocycles. The Morgan fingerprint density at radius 2 is 1.78 bits per heavy atom. The Kier molecular flexibility index (Phi) is 5.39. The van der Waals surface area contributed by atoms with Crippen molar-refractivity contribution in [2.45, 2.75) is 66.0 Å². The van der Waals surface area contributed by atoms with Gasteiger partial charge in [-0.15, -0.1) is 0 Å². The average Bonchev–Trinajstić information content (AvgIpc) is 2.61. The second kappa shape index (κ2) is 6.37. The molecule has 0 atom stereocenters. The minimum Gasteiger partial charge on any atom is -0.389 e. The third-order valence-electron chi connectivity index (χ3n) is 3.21. The molecule has 1 rings (SSSR count). The molecule has 1 N–H and O–H groups in total. The van der Waals surface area contributed by atoms with E-state index < -0.39 is 5.60 Å². The van der Waals surface area contributed by atoms with Gasteiger partial charge in [-0.1, -0.05) is 27.7 Å². The Bertz CT molecular complexity index is 345. The molecule has 0 saturated carbocycles. The molecule has 0 radical (unpaired) electrons. The summed E-state index contributed by atoms with van der Waals surface area (Å²) in [7, 11) is 0. The molecule has 0 aliphatic heterocycles. The van der Waals surface area contributed by atoms with Crippen molar-refractivity contribution < 1.29 is 5.11 Å². The molecule has 0 bridgehead atoms. The predicted octanol–water partition coefficient (Wildman–Crippen LogP) is 3.27. The van der Waals surface area contributed by atoms with Gasteiger partial charge in [-0.3, -0.25) is 0 Å². The maximum atomic E-state index is 10.9. The van der Waals surface area contributed by atoms with Gasteiger partial charge in [-0.05, 0) is 31.6 Å². The lowest BCUT2D eigenvalue weighted by Crippen LogP contribution is -2.36. The summed E-state index contributed by atoms with van der Waals surface area (Å²) in [5.74, 6) is 2.00. The van der Waals surface area contributed by atoms with Crippen LogP contribution in [-0.2, 0) is 13.0 Å².